The molecule has 0 aromatic heterocycles. The van der Waals surface area contributed by atoms with Gasteiger partial charge in [0.25, 0.3) is 0 Å². The second-order valence-electron chi connectivity index (χ2n) is 6.58. The van der Waals surface area contributed by atoms with Crippen molar-refractivity contribution in [2.75, 3.05) is 31.6 Å². The molecule has 2 unspecified atom stereocenters. The van der Waals surface area contributed by atoms with E-state index in [1.165, 1.54) is 31.4 Å². The third kappa shape index (κ3) is 4.53. The van der Waals surface area contributed by atoms with E-state index in [1.54, 1.807) is 0 Å². The number of likely N-dealkylation sites (tertiary alicyclic amines) is 1. The van der Waals surface area contributed by atoms with Crippen molar-refractivity contribution in [2.24, 2.45) is 0 Å². The number of piperidine rings is 1. The van der Waals surface area contributed by atoms with Crippen molar-refractivity contribution in [1.82, 2.24) is 10.2 Å². The van der Waals surface area contributed by atoms with E-state index in [-0.39, 0.29) is 11.9 Å². The van der Waals surface area contributed by atoms with Crippen molar-refractivity contribution in [1.29, 1.82) is 0 Å². The largest absolute Gasteiger partial charge is 0.378 e. The third-order valence-corrected chi connectivity index (χ3v) is 4.79. The summed E-state index contributed by atoms with van der Waals surface area (Å²) in [4.78, 5) is 14.7. The highest BCUT2D eigenvalue weighted by Crippen LogP contribution is 2.20. The average molecular weight is 317 g/mol. The molecule has 1 aromatic carbocycles. The number of nitrogens with one attached hydrogen (secondary N) is 2. The van der Waals surface area contributed by atoms with Gasteiger partial charge in [-0.15, -0.1) is 0 Å². The van der Waals surface area contributed by atoms with Crippen LogP contribution < -0.4 is 10.6 Å². The Kier molecular flexibility index (Phi) is 5.65. The first kappa shape index (κ1) is 16.4. The van der Waals surface area contributed by atoms with E-state index in [0.717, 1.165) is 18.8 Å². The lowest BCUT2D eigenvalue weighted by atomic mass is 10.0. The second kappa shape index (κ2) is 7.90. The van der Waals surface area contributed by atoms with Crippen molar-refractivity contribution in [3.63, 3.8) is 0 Å². The number of nitrogens with zero attached hydrogens (tertiary/aromatic N) is 1. The molecule has 0 saturated carbocycles. The molecule has 126 valence electrons. The maximum absolute atomic E-state index is 12.2. The number of morpholine rings is 1. The maximum atomic E-state index is 12.2. The van der Waals surface area contributed by atoms with Gasteiger partial charge in [-0.3, -0.25) is 9.69 Å². The van der Waals surface area contributed by atoms with Crippen LogP contribution in [0.25, 0.3) is 0 Å². The Labute approximate surface area is 138 Å². The van der Waals surface area contributed by atoms with Crippen LogP contribution in [0.1, 0.15) is 31.7 Å². The number of hydrogen-bond acceptors (Lipinski definition) is 4. The van der Waals surface area contributed by atoms with Gasteiger partial charge < -0.3 is 15.4 Å². The van der Waals surface area contributed by atoms with E-state index in [4.69, 9.17) is 4.74 Å². The molecule has 0 bridgehead atoms. The minimum absolute atomic E-state index is 0.0258. The van der Waals surface area contributed by atoms with E-state index in [1.807, 2.05) is 12.1 Å². The van der Waals surface area contributed by atoms with Gasteiger partial charge in [0.15, 0.2) is 0 Å². The molecule has 2 N–H and O–H groups in total. The standard InChI is InChI=1S/C18H27N3O2/c1-14-4-2-3-10-21(14)12-15-5-7-16(8-6-15)20-18(22)17-13-23-11-9-19-17/h5-8,14,17,19H,2-4,9-13H2,1H3,(H,20,22). The van der Waals surface area contributed by atoms with E-state index in [2.05, 4.69) is 34.6 Å². The molecule has 23 heavy (non-hydrogen) atoms. The van der Waals surface area contributed by atoms with Gasteiger partial charge in [0.1, 0.15) is 6.04 Å². The summed E-state index contributed by atoms with van der Waals surface area (Å²) in [6.45, 7) is 6.34. The monoisotopic (exact) mass is 317 g/mol. The summed E-state index contributed by atoms with van der Waals surface area (Å²) in [5.74, 6) is -0.0258. The molecular weight excluding hydrogens is 290 g/mol. The quantitative estimate of drug-likeness (QED) is 0.892. The first-order chi connectivity index (χ1) is 11.2. The Hall–Kier alpha value is -1.43. The van der Waals surface area contributed by atoms with Gasteiger partial charge in [0, 0.05) is 24.8 Å². The molecule has 2 aliphatic rings. The minimum atomic E-state index is -0.252. The molecule has 0 radical (unpaired) electrons. The molecule has 0 spiro atoms. The number of anilines is 1. The second-order valence-corrected chi connectivity index (χ2v) is 6.58. The summed E-state index contributed by atoms with van der Waals surface area (Å²) in [5, 5.41) is 6.12. The number of carbonyl (C=O) groups is 1. The fourth-order valence-corrected chi connectivity index (χ4v) is 3.28. The van der Waals surface area contributed by atoms with Crippen LogP contribution in [-0.4, -0.2) is 49.2 Å². The van der Waals surface area contributed by atoms with Crippen molar-refractivity contribution in [3.05, 3.63) is 29.8 Å². The van der Waals surface area contributed by atoms with Crippen LogP contribution in [0.5, 0.6) is 0 Å². The molecule has 1 aromatic rings. The molecule has 2 heterocycles. The van der Waals surface area contributed by atoms with Gasteiger partial charge in [0.05, 0.1) is 13.2 Å². The topological polar surface area (TPSA) is 53.6 Å². The zero-order chi connectivity index (χ0) is 16.1. The highest BCUT2D eigenvalue weighted by atomic mass is 16.5. The Morgan fingerprint density at radius 3 is 2.87 bits per heavy atom. The number of benzene rings is 1. The highest BCUT2D eigenvalue weighted by Gasteiger charge is 2.21. The van der Waals surface area contributed by atoms with Gasteiger partial charge in [-0.1, -0.05) is 18.6 Å². The van der Waals surface area contributed by atoms with Crippen molar-refractivity contribution in [2.45, 2.75) is 44.8 Å². The molecule has 2 aliphatic heterocycles. The first-order valence-corrected chi connectivity index (χ1v) is 8.67. The zero-order valence-corrected chi connectivity index (χ0v) is 13.9. The fraction of sp³-hybridized carbons (Fsp3) is 0.611. The van der Waals surface area contributed by atoms with Crippen LogP contribution in [0.2, 0.25) is 0 Å². The number of hydrogen-bond donors (Lipinski definition) is 2. The van der Waals surface area contributed by atoms with E-state index >= 15 is 0 Å². The van der Waals surface area contributed by atoms with Crippen LogP contribution in [0, 0.1) is 0 Å². The van der Waals surface area contributed by atoms with Crippen LogP contribution in [0.15, 0.2) is 24.3 Å². The van der Waals surface area contributed by atoms with Crippen LogP contribution in [-0.2, 0) is 16.1 Å². The number of carbonyl (C=O) groups excluding carboxylic acids is 1. The normalized spacial score (nSPS) is 26.0. The first-order valence-electron chi connectivity index (χ1n) is 8.67. The van der Waals surface area contributed by atoms with Crippen molar-refractivity contribution >= 4 is 11.6 Å². The van der Waals surface area contributed by atoms with Gasteiger partial charge in [-0.2, -0.15) is 0 Å². The molecule has 2 fully saturated rings. The van der Waals surface area contributed by atoms with E-state index in [0.29, 0.717) is 19.3 Å². The van der Waals surface area contributed by atoms with Crippen molar-refractivity contribution < 1.29 is 9.53 Å². The maximum Gasteiger partial charge on any atom is 0.243 e. The molecule has 2 saturated heterocycles. The predicted molar refractivity (Wildman–Crippen MR) is 91.4 cm³/mol. The zero-order valence-electron chi connectivity index (χ0n) is 13.9. The smallest absolute Gasteiger partial charge is 0.243 e. The molecule has 2 atom stereocenters. The third-order valence-electron chi connectivity index (χ3n) is 4.79. The lowest BCUT2D eigenvalue weighted by Crippen LogP contribution is -2.48. The minimum Gasteiger partial charge on any atom is -0.378 e. The van der Waals surface area contributed by atoms with Gasteiger partial charge >= 0.3 is 0 Å². The molecule has 5 heteroatoms. The summed E-state index contributed by atoms with van der Waals surface area (Å²) in [5.41, 5.74) is 2.15. The highest BCUT2D eigenvalue weighted by molar-refractivity contribution is 5.95. The van der Waals surface area contributed by atoms with Gasteiger partial charge in [-0.25, -0.2) is 0 Å². The number of rotatable bonds is 4. The SMILES string of the molecule is CC1CCCCN1Cc1ccc(NC(=O)C2COCCN2)cc1. The van der Waals surface area contributed by atoms with Crippen LogP contribution in [0.4, 0.5) is 5.69 Å². The van der Waals surface area contributed by atoms with Gasteiger partial charge in [-0.05, 0) is 44.0 Å². The van der Waals surface area contributed by atoms with Crippen LogP contribution in [0.3, 0.4) is 0 Å². The Bertz CT molecular complexity index is 512. The fourth-order valence-electron chi connectivity index (χ4n) is 3.28. The van der Waals surface area contributed by atoms with Gasteiger partial charge in [0.2, 0.25) is 5.91 Å². The molecule has 1 amide bonds. The summed E-state index contributed by atoms with van der Waals surface area (Å²) < 4.78 is 5.33. The lowest BCUT2D eigenvalue weighted by Gasteiger charge is -2.33. The summed E-state index contributed by atoms with van der Waals surface area (Å²) in [7, 11) is 0. The Morgan fingerprint density at radius 2 is 2.17 bits per heavy atom. The average Bonchev–Trinajstić information content (AvgIpc) is 2.59. The molecular formula is C18H27N3O2. The summed E-state index contributed by atoms with van der Waals surface area (Å²) in [6, 6.07) is 8.62. The van der Waals surface area contributed by atoms with E-state index in [9.17, 15) is 4.79 Å². The predicted octanol–water partition coefficient (Wildman–Crippen LogP) is 1.99. The Morgan fingerprint density at radius 1 is 1.35 bits per heavy atom. The van der Waals surface area contributed by atoms with E-state index < -0.39 is 0 Å². The van der Waals surface area contributed by atoms with Crippen LogP contribution >= 0.6 is 0 Å². The van der Waals surface area contributed by atoms with Crippen molar-refractivity contribution in [3.8, 4) is 0 Å². The summed E-state index contributed by atoms with van der Waals surface area (Å²) in [6.07, 6.45) is 3.95. The number of amides is 1. The summed E-state index contributed by atoms with van der Waals surface area (Å²) >= 11 is 0. The number of ether oxygens (including phenoxy) is 1. The lowest BCUT2D eigenvalue weighted by molar-refractivity contribution is -0.120. The molecule has 5 nitrogen and oxygen atoms in total. The molecule has 0 aliphatic carbocycles. The molecule has 3 rings (SSSR count). The Balaban J connectivity index is 1.53.